The highest BCUT2D eigenvalue weighted by atomic mass is 35.5. The number of hydrogen-bond acceptors (Lipinski definition) is 4. The third-order valence-corrected chi connectivity index (χ3v) is 5.04. The van der Waals surface area contributed by atoms with Crippen LogP contribution in [-0.2, 0) is 6.61 Å². The fourth-order valence-electron chi connectivity index (χ4n) is 2.56. The number of rotatable bonds is 4. The zero-order valence-corrected chi connectivity index (χ0v) is 14.9. The molecule has 0 spiro atoms. The number of ether oxygens (including phenoxy) is 2. The van der Waals surface area contributed by atoms with E-state index in [1.807, 2.05) is 17.5 Å². The Bertz CT molecular complexity index is 1010. The van der Waals surface area contributed by atoms with Crippen molar-refractivity contribution in [2.45, 2.75) is 6.61 Å². The van der Waals surface area contributed by atoms with Crippen LogP contribution >= 0.6 is 22.9 Å². The summed E-state index contributed by atoms with van der Waals surface area (Å²) >= 11 is 7.53. The van der Waals surface area contributed by atoms with Gasteiger partial charge in [-0.15, -0.1) is 11.3 Å². The number of halogens is 2. The Morgan fingerprint density at radius 1 is 1.19 bits per heavy atom. The Hall–Kier alpha value is -2.63. The Kier molecular flexibility index (Phi) is 4.49. The fourth-order valence-corrected chi connectivity index (χ4v) is 3.43. The third kappa shape index (κ3) is 3.36. The lowest BCUT2D eigenvalue weighted by atomic mass is 10.1. The maximum atomic E-state index is 13.1. The van der Waals surface area contributed by atoms with E-state index in [-0.39, 0.29) is 12.4 Å². The van der Waals surface area contributed by atoms with Gasteiger partial charge in [-0.05, 0) is 35.7 Å². The van der Waals surface area contributed by atoms with Crippen molar-refractivity contribution in [2.24, 2.45) is 0 Å². The van der Waals surface area contributed by atoms with Crippen molar-refractivity contribution in [3.8, 4) is 11.5 Å². The minimum Gasteiger partial charge on any atom is -0.489 e. The number of allylic oxidation sites excluding steroid dienone is 1. The Morgan fingerprint density at radius 3 is 2.85 bits per heavy atom. The van der Waals surface area contributed by atoms with E-state index in [4.69, 9.17) is 21.1 Å². The maximum Gasteiger partial charge on any atom is 0.232 e. The number of thiophene rings is 1. The minimum absolute atomic E-state index is 0.151. The lowest BCUT2D eigenvalue weighted by molar-refractivity contribution is 0.101. The van der Waals surface area contributed by atoms with Crippen LogP contribution in [0.25, 0.3) is 6.08 Å². The molecular formula is C20H12ClFO3S. The molecule has 2 aromatic carbocycles. The number of Topliss-reactive ketones (excluding diaryl/α,β-unsaturated/α-hetero) is 1. The van der Waals surface area contributed by atoms with Crippen LogP contribution in [0.4, 0.5) is 4.39 Å². The summed E-state index contributed by atoms with van der Waals surface area (Å²) in [5, 5.41) is 2.24. The van der Waals surface area contributed by atoms with Gasteiger partial charge in [0.1, 0.15) is 23.9 Å². The van der Waals surface area contributed by atoms with Crippen molar-refractivity contribution >= 4 is 34.8 Å². The van der Waals surface area contributed by atoms with Crippen LogP contribution in [0.1, 0.15) is 20.8 Å². The Balaban J connectivity index is 1.51. The molecule has 0 N–H and O–H groups in total. The number of fused-ring (bicyclic) bond motifs is 1. The second kappa shape index (κ2) is 6.94. The molecule has 0 saturated carbocycles. The molecule has 1 aliphatic rings. The van der Waals surface area contributed by atoms with Crippen molar-refractivity contribution in [3.63, 3.8) is 0 Å². The maximum absolute atomic E-state index is 13.1. The van der Waals surface area contributed by atoms with E-state index in [0.717, 1.165) is 4.88 Å². The van der Waals surface area contributed by atoms with E-state index in [9.17, 15) is 9.18 Å². The monoisotopic (exact) mass is 386 g/mol. The second-order valence-electron chi connectivity index (χ2n) is 5.64. The molecule has 1 aromatic heterocycles. The van der Waals surface area contributed by atoms with Crippen LogP contribution in [0.15, 0.2) is 59.7 Å². The van der Waals surface area contributed by atoms with Gasteiger partial charge in [0.05, 0.1) is 10.6 Å². The van der Waals surface area contributed by atoms with Crippen LogP contribution in [0.2, 0.25) is 5.02 Å². The first-order valence-corrected chi connectivity index (χ1v) is 9.04. The van der Waals surface area contributed by atoms with Gasteiger partial charge in [-0.1, -0.05) is 23.7 Å². The molecule has 130 valence electrons. The number of hydrogen-bond donors (Lipinski definition) is 0. The standard InChI is InChI=1S/C20H12ClFO3S/c21-17-8-13(22)4-3-12(17)11-24-14-5-6-16-18(9-14)25-19(20(16)23)10-15-2-1-7-26-15/h1-10H,11H2/b19-10+. The Labute approximate surface area is 158 Å². The van der Waals surface area contributed by atoms with Crippen LogP contribution in [0.3, 0.4) is 0 Å². The van der Waals surface area contributed by atoms with Gasteiger partial charge in [0.25, 0.3) is 0 Å². The van der Waals surface area contributed by atoms with Crippen LogP contribution < -0.4 is 9.47 Å². The molecule has 6 heteroatoms. The average Bonchev–Trinajstić information content (AvgIpc) is 3.23. The number of benzene rings is 2. The lowest BCUT2D eigenvalue weighted by Gasteiger charge is -2.08. The SMILES string of the molecule is O=C1/C(=C\c2cccs2)Oc2cc(OCc3ccc(F)cc3Cl)ccc21. The van der Waals surface area contributed by atoms with Crippen LogP contribution in [0.5, 0.6) is 11.5 Å². The summed E-state index contributed by atoms with van der Waals surface area (Å²) in [6.07, 6.45) is 1.73. The molecule has 2 heterocycles. The van der Waals surface area contributed by atoms with Crippen molar-refractivity contribution in [2.75, 3.05) is 0 Å². The molecule has 0 aliphatic carbocycles. The van der Waals surface area contributed by atoms with E-state index in [1.165, 1.54) is 23.5 Å². The van der Waals surface area contributed by atoms with Crippen LogP contribution in [0, 0.1) is 5.82 Å². The highest BCUT2D eigenvalue weighted by Crippen LogP contribution is 2.35. The van der Waals surface area contributed by atoms with E-state index >= 15 is 0 Å². The van der Waals surface area contributed by atoms with Crippen molar-refractivity contribution in [1.82, 2.24) is 0 Å². The summed E-state index contributed by atoms with van der Waals surface area (Å²) < 4.78 is 24.5. The topological polar surface area (TPSA) is 35.5 Å². The van der Waals surface area contributed by atoms with Gasteiger partial charge < -0.3 is 9.47 Å². The van der Waals surface area contributed by atoms with Crippen molar-refractivity contribution < 1.29 is 18.7 Å². The molecule has 0 unspecified atom stereocenters. The zero-order chi connectivity index (χ0) is 18.1. The number of carbonyl (C=O) groups excluding carboxylic acids is 1. The summed E-state index contributed by atoms with van der Waals surface area (Å²) in [5.74, 6) is 0.741. The zero-order valence-electron chi connectivity index (χ0n) is 13.4. The van der Waals surface area contributed by atoms with Gasteiger partial charge in [0.2, 0.25) is 5.78 Å². The van der Waals surface area contributed by atoms with E-state index in [2.05, 4.69) is 0 Å². The summed E-state index contributed by atoms with van der Waals surface area (Å²) in [6.45, 7) is 0.184. The van der Waals surface area contributed by atoms with Gasteiger partial charge >= 0.3 is 0 Å². The molecule has 26 heavy (non-hydrogen) atoms. The average molecular weight is 387 g/mol. The summed E-state index contributed by atoms with van der Waals surface area (Å²) in [5.41, 5.74) is 1.17. The third-order valence-electron chi connectivity index (χ3n) is 3.87. The molecule has 4 rings (SSSR count). The predicted molar refractivity (Wildman–Crippen MR) is 99.4 cm³/mol. The lowest BCUT2D eigenvalue weighted by Crippen LogP contribution is -1.97. The van der Waals surface area contributed by atoms with E-state index in [0.29, 0.717) is 33.4 Å². The largest absolute Gasteiger partial charge is 0.489 e. The predicted octanol–water partition coefficient (Wildman–Crippen LogP) is 5.74. The molecule has 0 bridgehead atoms. The minimum atomic E-state index is -0.395. The highest BCUT2D eigenvalue weighted by molar-refractivity contribution is 7.10. The first-order valence-electron chi connectivity index (χ1n) is 7.79. The van der Waals surface area contributed by atoms with Crippen LogP contribution in [-0.4, -0.2) is 5.78 Å². The van der Waals surface area contributed by atoms with E-state index < -0.39 is 5.82 Å². The molecule has 0 fully saturated rings. The molecular weight excluding hydrogens is 375 g/mol. The number of ketones is 1. The molecule has 0 saturated heterocycles. The van der Waals surface area contributed by atoms with Gasteiger partial charge in [0, 0.05) is 22.6 Å². The fraction of sp³-hybridized carbons (Fsp3) is 0.0500. The van der Waals surface area contributed by atoms with Crippen molar-refractivity contribution in [1.29, 1.82) is 0 Å². The quantitative estimate of drug-likeness (QED) is 0.537. The summed E-state index contributed by atoms with van der Waals surface area (Å²) in [7, 11) is 0. The highest BCUT2D eigenvalue weighted by Gasteiger charge is 2.27. The summed E-state index contributed by atoms with van der Waals surface area (Å²) in [6, 6.07) is 13.0. The van der Waals surface area contributed by atoms with E-state index in [1.54, 1.807) is 30.3 Å². The second-order valence-corrected chi connectivity index (χ2v) is 7.02. The molecule has 0 amide bonds. The van der Waals surface area contributed by atoms with Gasteiger partial charge in [-0.2, -0.15) is 0 Å². The smallest absolute Gasteiger partial charge is 0.232 e. The molecule has 3 nitrogen and oxygen atoms in total. The normalized spacial score (nSPS) is 14.4. The molecule has 3 aromatic rings. The van der Waals surface area contributed by atoms with Gasteiger partial charge in [0.15, 0.2) is 5.76 Å². The van der Waals surface area contributed by atoms with Gasteiger partial charge in [-0.25, -0.2) is 4.39 Å². The first-order chi connectivity index (χ1) is 12.6. The summed E-state index contributed by atoms with van der Waals surface area (Å²) in [4.78, 5) is 13.4. The first kappa shape index (κ1) is 16.8. The van der Waals surface area contributed by atoms with Gasteiger partial charge in [-0.3, -0.25) is 4.79 Å². The molecule has 0 atom stereocenters. The Morgan fingerprint density at radius 2 is 2.08 bits per heavy atom. The molecule has 0 radical (unpaired) electrons. The molecule has 1 aliphatic heterocycles. The number of carbonyl (C=O) groups is 1. The van der Waals surface area contributed by atoms with Crippen molar-refractivity contribution in [3.05, 3.63) is 86.5 Å².